The summed E-state index contributed by atoms with van der Waals surface area (Å²) in [5, 5.41) is 20.8. The normalized spacial score (nSPS) is 31.5. The fraction of sp³-hybridized carbons (Fsp3) is 0.536. The van der Waals surface area contributed by atoms with Crippen LogP contribution < -0.4 is 0 Å². The van der Waals surface area contributed by atoms with Crippen LogP contribution in [-0.4, -0.2) is 46.7 Å². The number of aliphatic hydroxyl groups excluding tert-OH is 2. The second-order valence-electron chi connectivity index (χ2n) is 9.28. The molecule has 0 unspecified atom stereocenters. The Hall–Kier alpha value is -2.21. The summed E-state index contributed by atoms with van der Waals surface area (Å²) >= 11 is 0. The Kier molecular flexibility index (Phi) is 11.0. The minimum atomic E-state index is -0.766. The van der Waals surface area contributed by atoms with E-state index >= 15 is 0 Å². The second-order valence-corrected chi connectivity index (χ2v) is 9.28. The van der Waals surface area contributed by atoms with Crippen LogP contribution in [-0.2, 0) is 14.3 Å². The number of ether oxygens (including phenoxy) is 2. The van der Waals surface area contributed by atoms with E-state index in [1.54, 1.807) is 6.08 Å². The molecule has 2 aliphatic rings. The first-order valence-corrected chi connectivity index (χ1v) is 11.9. The molecule has 2 aliphatic heterocycles. The highest BCUT2D eigenvalue weighted by atomic mass is 16.5. The minimum absolute atomic E-state index is 0.0122. The van der Waals surface area contributed by atoms with E-state index in [2.05, 4.69) is 19.9 Å². The average Bonchev–Trinajstić information content (AvgIpc) is 2.75. The quantitative estimate of drug-likeness (QED) is 0.291. The van der Waals surface area contributed by atoms with E-state index < -0.39 is 18.3 Å². The van der Waals surface area contributed by atoms with Crippen molar-refractivity contribution in [1.82, 2.24) is 0 Å². The van der Waals surface area contributed by atoms with Crippen LogP contribution in [0.4, 0.5) is 0 Å². The maximum atomic E-state index is 11.3. The summed E-state index contributed by atoms with van der Waals surface area (Å²) in [6.45, 7) is 10.2. The van der Waals surface area contributed by atoms with Crippen LogP contribution in [0.15, 0.2) is 71.9 Å². The maximum absolute atomic E-state index is 11.3. The molecule has 1 fully saturated rings. The molecule has 2 heterocycles. The molecule has 0 spiro atoms. The summed E-state index contributed by atoms with van der Waals surface area (Å²) in [5.74, 6) is 0.0688. The Bertz CT molecular complexity index is 816. The summed E-state index contributed by atoms with van der Waals surface area (Å²) in [6.07, 6.45) is 18.9. The van der Waals surface area contributed by atoms with E-state index in [4.69, 9.17) is 9.47 Å². The van der Waals surface area contributed by atoms with Crippen LogP contribution in [0.25, 0.3) is 0 Å². The molecule has 0 aromatic carbocycles. The van der Waals surface area contributed by atoms with Crippen LogP contribution in [0.1, 0.15) is 53.9 Å². The predicted octanol–water partition coefficient (Wildman–Crippen LogP) is 4.98. The number of hydrogen-bond donors (Lipinski definition) is 2. The fourth-order valence-electron chi connectivity index (χ4n) is 4.19. The predicted molar refractivity (Wildman–Crippen MR) is 132 cm³/mol. The number of cyclic esters (lactones) is 1. The van der Waals surface area contributed by atoms with Gasteiger partial charge in [0.15, 0.2) is 0 Å². The average molecular weight is 457 g/mol. The number of aliphatic hydroxyl groups is 2. The summed E-state index contributed by atoms with van der Waals surface area (Å²) in [6, 6.07) is 0. The molecule has 0 saturated carbocycles. The third kappa shape index (κ3) is 9.28. The van der Waals surface area contributed by atoms with Crippen LogP contribution in [0.5, 0.6) is 0 Å². The molecular weight excluding hydrogens is 416 g/mol. The maximum Gasteiger partial charge on any atom is 0.331 e. The summed E-state index contributed by atoms with van der Waals surface area (Å²) in [7, 11) is 0. The molecule has 0 bridgehead atoms. The lowest BCUT2D eigenvalue weighted by Crippen LogP contribution is -2.46. The molecule has 182 valence electrons. The molecule has 0 aromatic rings. The van der Waals surface area contributed by atoms with Crippen LogP contribution in [0.3, 0.4) is 0 Å². The Balaban J connectivity index is 1.85. The molecule has 0 amide bonds. The van der Waals surface area contributed by atoms with Gasteiger partial charge < -0.3 is 19.7 Å². The molecule has 33 heavy (non-hydrogen) atoms. The number of carbonyl (C=O) groups is 1. The zero-order chi connectivity index (χ0) is 24.4. The lowest BCUT2D eigenvalue weighted by atomic mass is 9.88. The van der Waals surface area contributed by atoms with Crippen molar-refractivity contribution >= 4 is 5.97 Å². The zero-order valence-electron chi connectivity index (χ0n) is 20.6. The Morgan fingerprint density at radius 2 is 2.06 bits per heavy atom. The third-order valence-electron chi connectivity index (χ3n) is 6.04. The molecule has 5 heteroatoms. The molecule has 0 aromatic heterocycles. The van der Waals surface area contributed by atoms with E-state index in [1.165, 1.54) is 11.6 Å². The van der Waals surface area contributed by atoms with Crippen molar-refractivity contribution in [1.29, 1.82) is 0 Å². The van der Waals surface area contributed by atoms with Gasteiger partial charge in [0.2, 0.25) is 0 Å². The zero-order valence-corrected chi connectivity index (χ0v) is 20.6. The Morgan fingerprint density at radius 3 is 2.76 bits per heavy atom. The molecule has 1 saturated heterocycles. The van der Waals surface area contributed by atoms with Crippen molar-refractivity contribution in [2.24, 2.45) is 11.8 Å². The first-order valence-electron chi connectivity index (χ1n) is 11.9. The van der Waals surface area contributed by atoms with Gasteiger partial charge in [0.25, 0.3) is 0 Å². The number of carbonyl (C=O) groups excluding carboxylic acids is 1. The molecular formula is C28H40O5. The van der Waals surface area contributed by atoms with E-state index in [-0.39, 0.29) is 24.1 Å². The van der Waals surface area contributed by atoms with Gasteiger partial charge in [-0.1, -0.05) is 73.6 Å². The largest absolute Gasteiger partial charge is 0.455 e. The summed E-state index contributed by atoms with van der Waals surface area (Å²) in [5.41, 5.74) is 2.33. The monoisotopic (exact) mass is 456 g/mol. The van der Waals surface area contributed by atoms with Crippen molar-refractivity contribution in [3.05, 3.63) is 71.9 Å². The number of rotatable bonds is 9. The van der Waals surface area contributed by atoms with Gasteiger partial charge in [-0.3, -0.25) is 0 Å². The van der Waals surface area contributed by atoms with Crippen molar-refractivity contribution in [3.8, 4) is 0 Å². The summed E-state index contributed by atoms with van der Waals surface area (Å²) in [4.78, 5) is 11.3. The van der Waals surface area contributed by atoms with Crippen molar-refractivity contribution in [3.63, 3.8) is 0 Å². The highest BCUT2D eigenvalue weighted by Gasteiger charge is 2.35. The Labute approximate surface area is 198 Å². The minimum Gasteiger partial charge on any atom is -0.455 e. The summed E-state index contributed by atoms with van der Waals surface area (Å²) < 4.78 is 11.2. The second kappa shape index (κ2) is 13.5. The van der Waals surface area contributed by atoms with E-state index in [0.717, 1.165) is 12.0 Å². The van der Waals surface area contributed by atoms with Gasteiger partial charge in [0.05, 0.1) is 24.4 Å². The Morgan fingerprint density at radius 1 is 1.30 bits per heavy atom. The lowest BCUT2D eigenvalue weighted by molar-refractivity contribution is -0.141. The fourth-order valence-corrected chi connectivity index (χ4v) is 4.19. The van der Waals surface area contributed by atoms with Gasteiger partial charge in [0.1, 0.15) is 6.10 Å². The van der Waals surface area contributed by atoms with Gasteiger partial charge in [-0.15, -0.1) is 0 Å². The van der Waals surface area contributed by atoms with Gasteiger partial charge in [0, 0.05) is 24.8 Å². The van der Waals surface area contributed by atoms with E-state index in [9.17, 15) is 15.0 Å². The molecule has 0 aliphatic carbocycles. The van der Waals surface area contributed by atoms with E-state index in [0.29, 0.717) is 18.8 Å². The topological polar surface area (TPSA) is 76.0 Å². The van der Waals surface area contributed by atoms with Gasteiger partial charge in [-0.05, 0) is 39.2 Å². The molecule has 2 N–H and O–H groups in total. The van der Waals surface area contributed by atoms with Gasteiger partial charge >= 0.3 is 5.97 Å². The standard InChI is InChI=1S/C28H40O5/c1-6-9-26-22(5)25(30)18-27(33-26)24(29)12-7-10-19(2)16-21(4)17-20(3)14-15-23-11-8-13-28(31)32-23/h6-10,12-15,17,21-27,29-30H,11,16,18H2,1-5H3/b9-6+,12-7+,15-14+,19-10+,20-17-/t21-,22+,23+,24+,25-,26-,27-/m1/s1. The third-order valence-corrected chi connectivity index (χ3v) is 6.04. The highest BCUT2D eigenvalue weighted by molar-refractivity contribution is 5.82. The highest BCUT2D eigenvalue weighted by Crippen LogP contribution is 2.28. The lowest BCUT2D eigenvalue weighted by Gasteiger charge is -2.38. The van der Waals surface area contributed by atoms with Crippen molar-refractivity contribution in [2.75, 3.05) is 0 Å². The smallest absolute Gasteiger partial charge is 0.331 e. The molecule has 2 rings (SSSR count). The van der Waals surface area contributed by atoms with Crippen molar-refractivity contribution < 1.29 is 24.5 Å². The number of hydrogen-bond acceptors (Lipinski definition) is 5. The van der Waals surface area contributed by atoms with E-state index in [1.807, 2.05) is 63.3 Å². The van der Waals surface area contributed by atoms with Crippen LogP contribution >= 0.6 is 0 Å². The molecule has 5 nitrogen and oxygen atoms in total. The first kappa shape index (κ1) is 27.0. The van der Waals surface area contributed by atoms with Gasteiger partial charge in [-0.2, -0.15) is 0 Å². The number of esters is 1. The van der Waals surface area contributed by atoms with Crippen LogP contribution in [0.2, 0.25) is 0 Å². The number of allylic oxidation sites excluding steroid dienone is 7. The molecule has 7 atom stereocenters. The van der Waals surface area contributed by atoms with Crippen molar-refractivity contribution in [2.45, 2.75) is 84.4 Å². The van der Waals surface area contributed by atoms with Crippen LogP contribution in [0, 0.1) is 11.8 Å². The molecule has 0 radical (unpaired) electrons. The SMILES string of the molecule is C/C=C/[C@H]1O[C@@H]([C@@H](O)/C=C/C=C(\C)C[C@@H](C)/C=C(C)\C=C\[C@@H]2CC=CC(=O)O2)C[C@@H](O)[C@@H]1C. The first-order chi connectivity index (χ1) is 15.7. The van der Waals surface area contributed by atoms with Gasteiger partial charge in [-0.25, -0.2) is 4.79 Å².